The zero-order chi connectivity index (χ0) is 5.98. The average Bonchev–Trinajstić information content (AvgIpc) is 2.12. The van der Waals surface area contributed by atoms with E-state index in [1.165, 1.54) is 0 Å². The van der Waals surface area contributed by atoms with Crippen LogP contribution in [0.3, 0.4) is 0 Å². The fourth-order valence-electron chi connectivity index (χ4n) is 0.563. The summed E-state index contributed by atoms with van der Waals surface area (Å²) in [4.78, 5) is 9.52. The number of hydrogen-bond acceptors (Lipinski definition) is 3. The molecule has 0 aliphatic carbocycles. The minimum atomic E-state index is -0.630. The lowest BCUT2D eigenvalue weighted by Gasteiger charge is -1.95. The van der Waals surface area contributed by atoms with Crippen LogP contribution in [-0.4, -0.2) is 24.3 Å². The molecule has 0 aromatic rings. The summed E-state index contributed by atoms with van der Waals surface area (Å²) in [6.07, 6.45) is -0.630. The summed E-state index contributed by atoms with van der Waals surface area (Å²) < 4.78 is 0. The van der Waals surface area contributed by atoms with Gasteiger partial charge in [0, 0.05) is 4.92 Å². The molecular weight excluding hydrogens is 110 g/mol. The molecule has 0 aromatic heterocycles. The predicted octanol–water partition coefficient (Wildman–Crippen LogP) is -1.25. The number of rotatable bonds is 1. The zero-order valence-electron chi connectivity index (χ0n) is 4.20. The Bertz CT molecular complexity index is 98.7. The molecule has 5 nitrogen and oxygen atoms in total. The van der Waals surface area contributed by atoms with E-state index in [9.17, 15) is 10.1 Å². The molecule has 1 rings (SSSR count). The van der Waals surface area contributed by atoms with Crippen molar-refractivity contribution in [1.82, 2.24) is 10.6 Å². The molecule has 1 N–H and O–H groups in total. The third-order valence-corrected chi connectivity index (χ3v) is 0.995. The van der Waals surface area contributed by atoms with Crippen LogP contribution < -0.4 is 10.6 Å². The molecule has 1 heterocycles. The molecular formula is C3H6N3O2. The third kappa shape index (κ3) is 0.932. The molecule has 8 heavy (non-hydrogen) atoms. The Morgan fingerprint density at radius 2 is 2.62 bits per heavy atom. The highest BCUT2D eigenvalue weighted by Crippen LogP contribution is 1.87. The van der Waals surface area contributed by atoms with Crippen LogP contribution in [0.4, 0.5) is 0 Å². The van der Waals surface area contributed by atoms with Crippen molar-refractivity contribution in [2.24, 2.45) is 0 Å². The number of nitro groups is 1. The molecule has 1 saturated heterocycles. The Morgan fingerprint density at radius 3 is 2.88 bits per heavy atom. The van der Waals surface area contributed by atoms with Crippen molar-refractivity contribution in [3.05, 3.63) is 10.1 Å². The van der Waals surface area contributed by atoms with Gasteiger partial charge in [0.05, 0.1) is 13.2 Å². The van der Waals surface area contributed by atoms with Crippen molar-refractivity contribution in [2.75, 3.05) is 13.2 Å². The summed E-state index contributed by atoms with van der Waals surface area (Å²) >= 11 is 0. The molecule has 0 amide bonds. The lowest BCUT2D eigenvalue weighted by atomic mass is 10.6. The number of nitrogens with zero attached hydrogens (tertiary/aromatic N) is 2. The summed E-state index contributed by atoms with van der Waals surface area (Å²) in [5.74, 6) is 0. The largest absolute Gasteiger partial charge is 0.281 e. The fraction of sp³-hybridized carbons (Fsp3) is 1.00. The van der Waals surface area contributed by atoms with Crippen LogP contribution in [0.5, 0.6) is 0 Å². The maximum atomic E-state index is 9.88. The Morgan fingerprint density at radius 1 is 1.88 bits per heavy atom. The summed E-state index contributed by atoms with van der Waals surface area (Å²) in [7, 11) is 0. The number of nitrogens with one attached hydrogen (secondary N) is 1. The van der Waals surface area contributed by atoms with E-state index in [1.807, 2.05) is 0 Å². The van der Waals surface area contributed by atoms with Gasteiger partial charge in [-0.1, -0.05) is 0 Å². The number of hydrogen-bond donors (Lipinski definition) is 1. The molecule has 1 aliphatic heterocycles. The van der Waals surface area contributed by atoms with Crippen LogP contribution in [0, 0.1) is 10.1 Å². The first-order chi connectivity index (χ1) is 3.80. The van der Waals surface area contributed by atoms with Crippen LogP contribution >= 0.6 is 0 Å². The highest BCUT2D eigenvalue weighted by Gasteiger charge is 2.23. The quantitative estimate of drug-likeness (QED) is 0.344. The van der Waals surface area contributed by atoms with Crippen molar-refractivity contribution in [3.8, 4) is 0 Å². The monoisotopic (exact) mass is 116 g/mol. The summed E-state index contributed by atoms with van der Waals surface area (Å²) in [6.45, 7) is 0.735. The van der Waals surface area contributed by atoms with Gasteiger partial charge in [-0.05, 0) is 0 Å². The lowest BCUT2D eigenvalue weighted by molar-refractivity contribution is -0.522. The molecule has 5 heteroatoms. The van der Waals surface area contributed by atoms with Gasteiger partial charge in [0.25, 0.3) is 6.17 Å². The van der Waals surface area contributed by atoms with Crippen molar-refractivity contribution in [1.29, 1.82) is 0 Å². The first kappa shape index (κ1) is 5.46. The van der Waals surface area contributed by atoms with Gasteiger partial charge in [-0.25, -0.2) is 10.6 Å². The van der Waals surface area contributed by atoms with Crippen LogP contribution in [0.25, 0.3) is 0 Å². The second-order valence-electron chi connectivity index (χ2n) is 1.57. The van der Waals surface area contributed by atoms with Crippen molar-refractivity contribution in [2.45, 2.75) is 6.17 Å². The van der Waals surface area contributed by atoms with Crippen LogP contribution in [0.15, 0.2) is 0 Å². The fourth-order valence-corrected chi connectivity index (χ4v) is 0.563. The van der Waals surface area contributed by atoms with Gasteiger partial charge >= 0.3 is 0 Å². The van der Waals surface area contributed by atoms with Crippen LogP contribution in [0.2, 0.25) is 0 Å². The summed E-state index contributed by atoms with van der Waals surface area (Å²) in [5.41, 5.74) is 0. The molecule has 1 radical (unpaired) electrons. The average molecular weight is 116 g/mol. The molecule has 0 bridgehead atoms. The second-order valence-corrected chi connectivity index (χ2v) is 1.57. The van der Waals surface area contributed by atoms with E-state index in [2.05, 4.69) is 10.6 Å². The molecule has 0 spiro atoms. The van der Waals surface area contributed by atoms with Crippen molar-refractivity contribution in [3.63, 3.8) is 0 Å². The predicted molar refractivity (Wildman–Crippen MR) is 25.8 cm³/mol. The molecule has 1 fully saturated rings. The Balaban J connectivity index is 2.35. The normalized spacial score (nSPS) is 28.2. The minimum absolute atomic E-state index is 0.312. The first-order valence-electron chi connectivity index (χ1n) is 2.31. The van der Waals surface area contributed by atoms with E-state index in [0.29, 0.717) is 13.2 Å². The highest BCUT2D eigenvalue weighted by atomic mass is 16.6. The highest BCUT2D eigenvalue weighted by molar-refractivity contribution is 4.63. The Labute approximate surface area is 46.2 Å². The van der Waals surface area contributed by atoms with Gasteiger partial charge in [0.1, 0.15) is 0 Å². The van der Waals surface area contributed by atoms with Gasteiger partial charge < -0.3 is 0 Å². The zero-order valence-corrected chi connectivity index (χ0v) is 4.20. The van der Waals surface area contributed by atoms with E-state index in [0.717, 1.165) is 0 Å². The smallest absolute Gasteiger partial charge is 0.263 e. The van der Waals surface area contributed by atoms with E-state index in [1.54, 1.807) is 0 Å². The van der Waals surface area contributed by atoms with E-state index >= 15 is 0 Å². The van der Waals surface area contributed by atoms with E-state index in [4.69, 9.17) is 0 Å². The molecule has 1 atom stereocenters. The third-order valence-electron chi connectivity index (χ3n) is 0.995. The molecule has 1 aliphatic rings. The summed E-state index contributed by atoms with van der Waals surface area (Å²) in [5, 5.41) is 16.2. The minimum Gasteiger partial charge on any atom is -0.263 e. The Hall–Kier alpha value is -0.680. The van der Waals surface area contributed by atoms with Crippen LogP contribution in [0.1, 0.15) is 0 Å². The van der Waals surface area contributed by atoms with Gasteiger partial charge in [0.2, 0.25) is 0 Å². The molecule has 1 unspecified atom stereocenters. The maximum absolute atomic E-state index is 9.88. The first-order valence-corrected chi connectivity index (χ1v) is 2.31. The summed E-state index contributed by atoms with van der Waals surface area (Å²) in [6, 6.07) is 0. The molecule has 45 valence electrons. The molecule has 0 saturated carbocycles. The van der Waals surface area contributed by atoms with Gasteiger partial charge in [-0.3, -0.25) is 10.1 Å². The maximum Gasteiger partial charge on any atom is 0.281 e. The molecule has 0 aromatic carbocycles. The van der Waals surface area contributed by atoms with Crippen LogP contribution in [-0.2, 0) is 0 Å². The van der Waals surface area contributed by atoms with Gasteiger partial charge in [-0.15, -0.1) is 0 Å². The Kier molecular flexibility index (Phi) is 1.40. The lowest BCUT2D eigenvalue weighted by Crippen LogP contribution is -2.31. The standard InChI is InChI=1S/C3H6N3O2/c7-6(8)3-1-4-2-5-3/h3,5H,1-2H2. The van der Waals surface area contributed by atoms with E-state index in [-0.39, 0.29) is 4.92 Å². The van der Waals surface area contributed by atoms with Gasteiger partial charge in [-0.2, -0.15) is 0 Å². The SMILES string of the molecule is O=[N+]([O-])C1C[N]CN1. The second kappa shape index (κ2) is 2.06. The van der Waals surface area contributed by atoms with Gasteiger partial charge in [0.15, 0.2) is 0 Å². The van der Waals surface area contributed by atoms with E-state index < -0.39 is 6.17 Å². The van der Waals surface area contributed by atoms with Crippen molar-refractivity contribution >= 4 is 0 Å². The topological polar surface area (TPSA) is 69.3 Å². The van der Waals surface area contributed by atoms with Crippen molar-refractivity contribution < 1.29 is 4.92 Å².